The van der Waals surface area contributed by atoms with Crippen molar-refractivity contribution in [3.63, 3.8) is 0 Å². The number of nitrogens with one attached hydrogen (secondary N) is 1. The predicted octanol–water partition coefficient (Wildman–Crippen LogP) is 3.51. The Morgan fingerprint density at radius 2 is 2.25 bits per heavy atom. The Balaban J connectivity index is 2.11. The van der Waals surface area contributed by atoms with E-state index in [-0.39, 0.29) is 11.9 Å². The number of pyridine rings is 1. The highest BCUT2D eigenvalue weighted by atomic mass is 35.5. The van der Waals surface area contributed by atoms with Gasteiger partial charge in [0.15, 0.2) is 0 Å². The maximum atomic E-state index is 13.1. The van der Waals surface area contributed by atoms with Crippen LogP contribution < -0.4 is 11.1 Å². The van der Waals surface area contributed by atoms with Crippen LogP contribution in [0.1, 0.15) is 11.6 Å². The zero-order valence-corrected chi connectivity index (χ0v) is 12.5. The third-order valence-corrected chi connectivity index (χ3v) is 4.15. The molecule has 0 aliphatic heterocycles. The van der Waals surface area contributed by atoms with Crippen LogP contribution in [0.4, 0.5) is 10.2 Å². The quantitative estimate of drug-likeness (QED) is 0.830. The van der Waals surface area contributed by atoms with Crippen LogP contribution in [0.25, 0.3) is 0 Å². The SMILES string of the molecule is CNC(CSc1cccc(F)c1)c1cc(Cl)cnc1N. The van der Waals surface area contributed by atoms with Crippen LogP contribution >= 0.6 is 23.4 Å². The Hall–Kier alpha value is -1.30. The van der Waals surface area contributed by atoms with Crippen LogP contribution in [0.15, 0.2) is 41.4 Å². The fourth-order valence-electron chi connectivity index (χ4n) is 1.81. The number of thioether (sulfide) groups is 1. The van der Waals surface area contributed by atoms with Gasteiger partial charge in [-0.1, -0.05) is 17.7 Å². The summed E-state index contributed by atoms with van der Waals surface area (Å²) < 4.78 is 13.1. The predicted molar refractivity (Wildman–Crippen MR) is 82.6 cm³/mol. The zero-order valence-electron chi connectivity index (χ0n) is 10.9. The largest absolute Gasteiger partial charge is 0.383 e. The molecular weight excluding hydrogens is 297 g/mol. The molecule has 0 saturated carbocycles. The molecule has 3 nitrogen and oxygen atoms in total. The van der Waals surface area contributed by atoms with Crippen LogP contribution in [0, 0.1) is 5.82 Å². The van der Waals surface area contributed by atoms with Gasteiger partial charge in [-0.05, 0) is 31.3 Å². The highest BCUT2D eigenvalue weighted by molar-refractivity contribution is 7.99. The average molecular weight is 312 g/mol. The molecule has 0 aliphatic rings. The molecule has 20 heavy (non-hydrogen) atoms. The van der Waals surface area contributed by atoms with Crippen LogP contribution in [0.3, 0.4) is 0 Å². The first-order valence-electron chi connectivity index (χ1n) is 6.06. The Morgan fingerprint density at radius 1 is 1.45 bits per heavy atom. The van der Waals surface area contributed by atoms with E-state index in [1.54, 1.807) is 23.9 Å². The molecule has 6 heteroatoms. The van der Waals surface area contributed by atoms with Gasteiger partial charge in [0.25, 0.3) is 0 Å². The van der Waals surface area contributed by atoms with Crippen molar-refractivity contribution in [2.45, 2.75) is 10.9 Å². The zero-order chi connectivity index (χ0) is 14.5. The summed E-state index contributed by atoms with van der Waals surface area (Å²) in [6.45, 7) is 0. The van der Waals surface area contributed by atoms with Crippen LogP contribution in [-0.2, 0) is 0 Å². The second-order valence-corrected chi connectivity index (χ2v) is 5.77. The second-order valence-electron chi connectivity index (χ2n) is 4.24. The summed E-state index contributed by atoms with van der Waals surface area (Å²) in [6, 6.07) is 8.31. The lowest BCUT2D eigenvalue weighted by atomic mass is 10.1. The number of hydrogen-bond donors (Lipinski definition) is 2. The number of benzene rings is 1. The van der Waals surface area contributed by atoms with E-state index >= 15 is 0 Å². The Morgan fingerprint density at radius 3 is 2.95 bits per heavy atom. The standard InChI is InChI=1S/C14H15ClFN3S/c1-18-13(12-5-9(15)7-19-14(12)17)8-20-11-4-2-3-10(16)6-11/h2-7,13,18H,8H2,1H3,(H2,17,19). The molecule has 106 valence electrons. The van der Waals surface area contributed by atoms with E-state index in [1.165, 1.54) is 18.3 Å². The van der Waals surface area contributed by atoms with Crippen LogP contribution in [0.2, 0.25) is 5.02 Å². The molecule has 1 heterocycles. The summed E-state index contributed by atoms with van der Waals surface area (Å²) in [6.07, 6.45) is 1.52. The van der Waals surface area contributed by atoms with Crippen molar-refractivity contribution in [3.05, 3.63) is 52.9 Å². The number of anilines is 1. The second kappa shape index (κ2) is 6.92. The first kappa shape index (κ1) is 15.1. The molecule has 2 aromatic rings. The molecule has 1 aromatic heterocycles. The van der Waals surface area contributed by atoms with E-state index in [0.717, 1.165) is 10.5 Å². The maximum Gasteiger partial charge on any atom is 0.128 e. The van der Waals surface area contributed by atoms with E-state index < -0.39 is 0 Å². The summed E-state index contributed by atoms with van der Waals surface area (Å²) >= 11 is 7.50. The van der Waals surface area contributed by atoms with Crippen molar-refractivity contribution in [3.8, 4) is 0 Å². The number of nitrogen functional groups attached to an aromatic ring is 1. The minimum absolute atomic E-state index is 0.00512. The summed E-state index contributed by atoms with van der Waals surface area (Å²) in [5.74, 6) is 0.917. The molecule has 1 atom stereocenters. The minimum Gasteiger partial charge on any atom is -0.383 e. The third kappa shape index (κ3) is 3.85. The molecule has 1 unspecified atom stereocenters. The first-order valence-corrected chi connectivity index (χ1v) is 7.43. The fourth-order valence-corrected chi connectivity index (χ4v) is 3.05. The molecule has 0 bridgehead atoms. The van der Waals surface area contributed by atoms with Gasteiger partial charge in [0.1, 0.15) is 11.6 Å². The topological polar surface area (TPSA) is 50.9 Å². The summed E-state index contributed by atoms with van der Waals surface area (Å²) in [7, 11) is 1.84. The molecule has 0 saturated heterocycles. The van der Waals surface area contributed by atoms with Crippen molar-refractivity contribution < 1.29 is 4.39 Å². The number of hydrogen-bond acceptors (Lipinski definition) is 4. The van der Waals surface area contributed by atoms with E-state index in [2.05, 4.69) is 10.3 Å². The maximum absolute atomic E-state index is 13.1. The normalized spacial score (nSPS) is 12.3. The number of nitrogens with zero attached hydrogens (tertiary/aromatic N) is 1. The van der Waals surface area contributed by atoms with Gasteiger partial charge in [0, 0.05) is 28.5 Å². The van der Waals surface area contributed by atoms with Crippen molar-refractivity contribution in [2.24, 2.45) is 0 Å². The highest BCUT2D eigenvalue weighted by Gasteiger charge is 2.14. The van der Waals surface area contributed by atoms with Gasteiger partial charge in [-0.15, -0.1) is 11.8 Å². The van der Waals surface area contributed by atoms with Gasteiger partial charge in [-0.25, -0.2) is 9.37 Å². The number of rotatable bonds is 5. The molecular formula is C14H15ClFN3S. The fraction of sp³-hybridized carbons (Fsp3) is 0.214. The molecule has 0 aliphatic carbocycles. The molecule has 2 rings (SSSR count). The molecule has 0 radical (unpaired) electrons. The van der Waals surface area contributed by atoms with Gasteiger partial charge in [0.05, 0.1) is 5.02 Å². The molecule has 1 aromatic carbocycles. The van der Waals surface area contributed by atoms with Gasteiger partial charge in [-0.3, -0.25) is 0 Å². The summed E-state index contributed by atoms with van der Waals surface area (Å²) in [4.78, 5) is 4.93. The number of nitrogens with two attached hydrogens (primary N) is 1. The monoisotopic (exact) mass is 311 g/mol. The lowest BCUT2D eigenvalue weighted by Gasteiger charge is -2.18. The van der Waals surface area contributed by atoms with Crippen molar-refractivity contribution >= 4 is 29.2 Å². The van der Waals surface area contributed by atoms with Crippen molar-refractivity contribution in [1.82, 2.24) is 10.3 Å². The lowest BCUT2D eigenvalue weighted by molar-refractivity contribution is 0.624. The lowest BCUT2D eigenvalue weighted by Crippen LogP contribution is -2.20. The van der Waals surface area contributed by atoms with Crippen LogP contribution in [0.5, 0.6) is 0 Å². The smallest absolute Gasteiger partial charge is 0.128 e. The molecule has 0 spiro atoms. The average Bonchev–Trinajstić information content (AvgIpc) is 2.43. The van der Waals surface area contributed by atoms with E-state index in [1.807, 2.05) is 13.1 Å². The Kier molecular flexibility index (Phi) is 5.23. The first-order chi connectivity index (χ1) is 9.60. The molecule has 3 N–H and O–H groups in total. The van der Waals surface area contributed by atoms with Gasteiger partial charge >= 0.3 is 0 Å². The Labute approximate surface area is 126 Å². The highest BCUT2D eigenvalue weighted by Crippen LogP contribution is 2.28. The van der Waals surface area contributed by atoms with Crippen molar-refractivity contribution in [2.75, 3.05) is 18.5 Å². The van der Waals surface area contributed by atoms with Gasteiger partial charge < -0.3 is 11.1 Å². The minimum atomic E-state index is -0.236. The number of aromatic nitrogens is 1. The number of halogens is 2. The van der Waals surface area contributed by atoms with Gasteiger partial charge in [-0.2, -0.15) is 0 Å². The van der Waals surface area contributed by atoms with Crippen molar-refractivity contribution in [1.29, 1.82) is 0 Å². The van der Waals surface area contributed by atoms with E-state index in [9.17, 15) is 4.39 Å². The molecule has 0 amide bonds. The summed E-state index contributed by atoms with van der Waals surface area (Å²) in [5.41, 5.74) is 6.73. The third-order valence-electron chi connectivity index (χ3n) is 2.85. The van der Waals surface area contributed by atoms with Gasteiger partial charge in [0.2, 0.25) is 0 Å². The van der Waals surface area contributed by atoms with Crippen LogP contribution in [-0.4, -0.2) is 17.8 Å². The van der Waals surface area contributed by atoms with E-state index in [0.29, 0.717) is 16.6 Å². The van der Waals surface area contributed by atoms with E-state index in [4.69, 9.17) is 17.3 Å². The summed E-state index contributed by atoms with van der Waals surface area (Å²) in [5, 5.41) is 3.72. The Bertz CT molecular complexity index is 594. The molecule has 0 fully saturated rings.